The zero-order valence-electron chi connectivity index (χ0n) is 32.1. The Morgan fingerprint density at radius 3 is 1.69 bits per heavy atom. The van der Waals surface area contributed by atoms with Crippen molar-refractivity contribution in [3.63, 3.8) is 0 Å². The highest BCUT2D eigenvalue weighted by atomic mass is 32.1. The van der Waals surface area contributed by atoms with E-state index >= 15 is 0 Å². The Labute approximate surface area is 342 Å². The van der Waals surface area contributed by atoms with Gasteiger partial charge in [-0.1, -0.05) is 178 Å². The lowest BCUT2D eigenvalue weighted by Gasteiger charge is -2.24. The van der Waals surface area contributed by atoms with Crippen molar-refractivity contribution in [2.75, 3.05) is 0 Å². The number of thiophene rings is 1. The van der Waals surface area contributed by atoms with Gasteiger partial charge >= 0.3 is 0 Å². The molecule has 3 nitrogen and oxygen atoms in total. The van der Waals surface area contributed by atoms with Crippen molar-refractivity contribution in [3.05, 3.63) is 199 Å². The van der Waals surface area contributed by atoms with Crippen molar-refractivity contribution in [2.45, 2.75) is 19.3 Å². The molecule has 0 saturated carbocycles. The predicted molar refractivity (Wildman–Crippen MR) is 243 cm³/mol. The van der Waals surface area contributed by atoms with Crippen molar-refractivity contribution in [1.29, 1.82) is 0 Å². The minimum atomic E-state index is -0.132. The van der Waals surface area contributed by atoms with Gasteiger partial charge in [0.05, 0.1) is 0 Å². The summed E-state index contributed by atoms with van der Waals surface area (Å²) in [5, 5.41) is 2.36. The van der Waals surface area contributed by atoms with E-state index in [1.165, 1.54) is 64.9 Å². The Balaban J connectivity index is 1.05. The van der Waals surface area contributed by atoms with Crippen molar-refractivity contribution in [1.82, 2.24) is 15.0 Å². The Kier molecular flexibility index (Phi) is 8.02. The second-order valence-electron chi connectivity index (χ2n) is 15.6. The Morgan fingerprint density at radius 1 is 0.362 bits per heavy atom. The zero-order valence-corrected chi connectivity index (χ0v) is 33.0. The van der Waals surface area contributed by atoms with Crippen molar-refractivity contribution < 1.29 is 0 Å². The number of nitrogens with zero attached hydrogens (tertiary/aromatic N) is 3. The number of hydrogen-bond acceptors (Lipinski definition) is 4. The van der Waals surface area contributed by atoms with Crippen molar-refractivity contribution >= 4 is 31.5 Å². The van der Waals surface area contributed by atoms with Gasteiger partial charge < -0.3 is 0 Å². The van der Waals surface area contributed by atoms with E-state index < -0.39 is 0 Å². The van der Waals surface area contributed by atoms with Crippen LogP contribution in [0.4, 0.5) is 0 Å². The molecule has 0 amide bonds. The molecule has 11 rings (SSSR count). The van der Waals surface area contributed by atoms with E-state index in [0.29, 0.717) is 17.5 Å². The van der Waals surface area contributed by atoms with Gasteiger partial charge in [-0.2, -0.15) is 0 Å². The topological polar surface area (TPSA) is 38.7 Å². The number of fused-ring (bicyclic) bond motifs is 6. The van der Waals surface area contributed by atoms with Crippen LogP contribution in [0.5, 0.6) is 0 Å². The van der Waals surface area contributed by atoms with Crippen LogP contribution in [0, 0.1) is 0 Å². The van der Waals surface area contributed by atoms with E-state index in [9.17, 15) is 0 Å². The second-order valence-corrected chi connectivity index (χ2v) is 16.7. The molecule has 0 saturated heterocycles. The smallest absolute Gasteiger partial charge is 0.164 e. The summed E-state index contributed by atoms with van der Waals surface area (Å²) in [4.78, 5) is 15.7. The van der Waals surface area contributed by atoms with E-state index in [0.717, 1.165) is 27.6 Å². The highest BCUT2D eigenvalue weighted by Gasteiger charge is 2.37. The summed E-state index contributed by atoms with van der Waals surface area (Å²) in [5.74, 6) is 1.96. The van der Waals surface area contributed by atoms with Crippen LogP contribution in [0.1, 0.15) is 25.0 Å². The van der Waals surface area contributed by atoms with Crippen LogP contribution in [-0.4, -0.2) is 15.0 Å². The molecule has 274 valence electrons. The largest absolute Gasteiger partial charge is 0.208 e. The molecule has 0 atom stereocenters. The predicted octanol–water partition coefficient (Wildman–Crippen LogP) is 14.5. The highest BCUT2D eigenvalue weighted by Crippen LogP contribution is 2.52. The summed E-state index contributed by atoms with van der Waals surface area (Å²) in [7, 11) is 0. The molecule has 0 spiro atoms. The van der Waals surface area contributed by atoms with Gasteiger partial charge in [0.2, 0.25) is 0 Å². The first-order valence-electron chi connectivity index (χ1n) is 19.8. The zero-order chi connectivity index (χ0) is 38.8. The Bertz CT molecular complexity index is 3180. The average molecular weight is 760 g/mol. The van der Waals surface area contributed by atoms with E-state index in [2.05, 4.69) is 184 Å². The molecule has 0 radical (unpaired) electrons. The van der Waals surface area contributed by atoms with Gasteiger partial charge in [-0.15, -0.1) is 11.3 Å². The number of aromatic nitrogens is 3. The lowest BCUT2D eigenvalue weighted by atomic mass is 9.79. The van der Waals surface area contributed by atoms with Crippen molar-refractivity contribution in [2.24, 2.45) is 0 Å². The first-order valence-corrected chi connectivity index (χ1v) is 20.6. The Hall–Kier alpha value is -7.01. The fourth-order valence-electron chi connectivity index (χ4n) is 8.93. The molecule has 0 N–H and O–H groups in total. The monoisotopic (exact) mass is 759 g/mol. The van der Waals surface area contributed by atoms with Gasteiger partial charge in [0.1, 0.15) is 0 Å². The fourth-order valence-corrected chi connectivity index (χ4v) is 10.0. The van der Waals surface area contributed by atoms with Crippen LogP contribution >= 0.6 is 11.3 Å². The van der Waals surface area contributed by atoms with E-state index in [4.69, 9.17) is 15.0 Å². The first kappa shape index (κ1) is 34.3. The number of benzene rings is 8. The number of hydrogen-bond donors (Lipinski definition) is 0. The molecule has 2 aromatic heterocycles. The van der Waals surface area contributed by atoms with Crippen LogP contribution in [0.2, 0.25) is 0 Å². The summed E-state index contributed by atoms with van der Waals surface area (Å²) in [6.45, 7) is 4.68. The van der Waals surface area contributed by atoms with Crippen LogP contribution in [0.3, 0.4) is 0 Å². The molecule has 58 heavy (non-hydrogen) atoms. The van der Waals surface area contributed by atoms with Crippen LogP contribution in [-0.2, 0) is 5.41 Å². The molecular weight excluding hydrogens is 723 g/mol. The van der Waals surface area contributed by atoms with E-state index in [-0.39, 0.29) is 5.41 Å². The van der Waals surface area contributed by atoms with Crippen LogP contribution < -0.4 is 0 Å². The lowest BCUT2D eigenvalue weighted by molar-refractivity contribution is 0.662. The molecule has 0 bridgehead atoms. The Morgan fingerprint density at radius 2 is 0.897 bits per heavy atom. The molecule has 1 aliphatic carbocycles. The van der Waals surface area contributed by atoms with Crippen LogP contribution in [0.15, 0.2) is 188 Å². The molecule has 4 heteroatoms. The van der Waals surface area contributed by atoms with Gasteiger partial charge in [-0.25, -0.2) is 15.0 Å². The molecule has 0 aliphatic heterocycles. The second kappa shape index (κ2) is 13.6. The fraction of sp³-hybridized carbons (Fsp3) is 0.0556. The normalized spacial score (nSPS) is 12.8. The van der Waals surface area contributed by atoms with E-state index in [1.807, 2.05) is 29.5 Å². The third-order valence-electron chi connectivity index (χ3n) is 11.7. The molecule has 10 aromatic rings. The molecule has 0 unspecified atom stereocenters. The van der Waals surface area contributed by atoms with Gasteiger partial charge in [0.15, 0.2) is 17.5 Å². The van der Waals surface area contributed by atoms with Gasteiger partial charge in [0, 0.05) is 42.3 Å². The first-order chi connectivity index (χ1) is 28.5. The number of rotatable bonds is 6. The summed E-state index contributed by atoms with van der Waals surface area (Å²) >= 11 is 1.81. The summed E-state index contributed by atoms with van der Waals surface area (Å²) < 4.78 is 2.44. The van der Waals surface area contributed by atoms with Gasteiger partial charge in [0.25, 0.3) is 0 Å². The maximum atomic E-state index is 5.31. The minimum absolute atomic E-state index is 0.132. The summed E-state index contributed by atoms with van der Waals surface area (Å²) in [6, 6.07) is 67.2. The molecule has 1 aliphatic rings. The molecular formula is C54H37N3S. The maximum Gasteiger partial charge on any atom is 0.164 e. The van der Waals surface area contributed by atoms with Crippen molar-refractivity contribution in [3.8, 4) is 78.7 Å². The van der Waals surface area contributed by atoms with Gasteiger partial charge in [-0.05, 0) is 79.9 Å². The molecule has 2 heterocycles. The van der Waals surface area contributed by atoms with Crippen LogP contribution in [0.25, 0.3) is 98.8 Å². The lowest BCUT2D eigenvalue weighted by Crippen LogP contribution is -2.16. The minimum Gasteiger partial charge on any atom is -0.208 e. The quantitative estimate of drug-likeness (QED) is 0.169. The third-order valence-corrected chi connectivity index (χ3v) is 12.9. The SMILES string of the molecule is CC1(C)c2ccccc2-c2cccc(-c3cccc(-c4nc(-c5ccccc5)nc(-c5cccc6sc7ccc(-c8ccc(-c9ccccc9)cc8)cc7c56)n4)c3)c21. The maximum absolute atomic E-state index is 5.31. The molecule has 0 fully saturated rings. The third kappa shape index (κ3) is 5.68. The molecule has 8 aromatic carbocycles. The summed E-state index contributed by atoms with van der Waals surface area (Å²) in [6.07, 6.45) is 0. The van der Waals surface area contributed by atoms with Gasteiger partial charge in [-0.3, -0.25) is 0 Å². The standard InChI is InChI=1S/C54H37N3S/c1-54(2)46-24-10-9-20-42(46)43-22-12-21-41(50(43)54)39-18-11-19-40(32-39)52-55-51(37-16-7-4-8-17-37)56-53(57-52)44-23-13-25-48-49(44)45-33-38(30-31-47(45)58-48)36-28-26-35(27-29-36)34-14-5-3-6-15-34/h3-33H,1-2H3. The van der Waals surface area contributed by atoms with E-state index in [1.54, 1.807) is 0 Å². The summed E-state index contributed by atoms with van der Waals surface area (Å²) in [5.41, 5.74) is 15.3. The average Bonchev–Trinajstić information content (AvgIpc) is 3.78. The highest BCUT2D eigenvalue weighted by molar-refractivity contribution is 7.26.